The van der Waals surface area contributed by atoms with E-state index in [0.717, 1.165) is 55.9 Å². The van der Waals surface area contributed by atoms with Gasteiger partial charge in [0.05, 0.1) is 6.67 Å². The Kier molecular flexibility index (Phi) is 7.84. The molecule has 2 aliphatic rings. The highest BCUT2D eigenvalue weighted by Gasteiger charge is 2.26. The molecule has 0 N–H and O–H groups in total. The minimum Gasteiger partial charge on any atom is -0.303 e. The van der Waals surface area contributed by atoms with Gasteiger partial charge in [-0.15, -0.1) is 0 Å². The fourth-order valence-corrected chi connectivity index (χ4v) is 6.18. The second-order valence-electron chi connectivity index (χ2n) is 9.70. The van der Waals surface area contributed by atoms with E-state index in [0.29, 0.717) is 22.4 Å². The lowest BCUT2D eigenvalue weighted by molar-refractivity contribution is 0.0968. The maximum Gasteiger partial charge on any atom is 0.0906 e. The highest BCUT2D eigenvalue weighted by molar-refractivity contribution is 6.36. The fraction of sp³-hybridized carbons (Fsp3) is 0.333. The predicted molar refractivity (Wildman–Crippen MR) is 147 cm³/mol. The number of nitrogens with zero attached hydrogens (tertiary/aromatic N) is 1. The van der Waals surface area contributed by atoms with Crippen molar-refractivity contribution in [1.29, 1.82) is 0 Å². The molecule has 3 aromatic carbocycles. The van der Waals surface area contributed by atoms with Crippen molar-refractivity contribution in [3.63, 3.8) is 0 Å². The first-order valence-corrected chi connectivity index (χ1v) is 13.5. The summed E-state index contributed by atoms with van der Waals surface area (Å²) in [5, 5.41) is 2.06. The molecule has 1 saturated heterocycles. The molecular weight excluding hydrogens is 500 g/mol. The monoisotopic (exact) mass is 527 g/mol. The summed E-state index contributed by atoms with van der Waals surface area (Å²) in [5.74, 6) is 0.653. The summed E-state index contributed by atoms with van der Waals surface area (Å²) in [6.07, 6.45) is 4.68. The average Bonchev–Trinajstić information content (AvgIpc) is 3.00. The lowest BCUT2D eigenvalue weighted by Gasteiger charge is -2.39. The number of hydrogen-bond donors (Lipinski definition) is 0. The van der Waals surface area contributed by atoms with Crippen molar-refractivity contribution in [3.8, 4) is 0 Å². The molecule has 5 rings (SSSR count). The van der Waals surface area contributed by atoms with Crippen LogP contribution in [0.15, 0.2) is 60.7 Å². The van der Waals surface area contributed by atoms with Crippen LogP contribution in [0.3, 0.4) is 0 Å². The lowest BCUT2D eigenvalue weighted by Crippen LogP contribution is -2.47. The molecule has 182 valence electrons. The zero-order valence-corrected chi connectivity index (χ0v) is 21.9. The summed E-state index contributed by atoms with van der Waals surface area (Å²) in [4.78, 5) is 2.35. The van der Waals surface area contributed by atoms with Gasteiger partial charge in [-0.25, -0.2) is 0 Å². The van der Waals surface area contributed by atoms with Crippen LogP contribution in [0.1, 0.15) is 47.1 Å². The van der Waals surface area contributed by atoms with Gasteiger partial charge in [-0.05, 0) is 101 Å². The third kappa shape index (κ3) is 5.62. The molecule has 0 atom stereocenters. The highest BCUT2D eigenvalue weighted by atomic mass is 35.5. The number of allylic oxidation sites excluding steroid dienone is 1. The van der Waals surface area contributed by atoms with Crippen molar-refractivity contribution in [3.05, 3.63) is 104 Å². The molecule has 0 saturated carbocycles. The van der Waals surface area contributed by atoms with Crippen LogP contribution in [-0.4, -0.2) is 31.2 Å². The van der Waals surface area contributed by atoms with Crippen LogP contribution in [0.4, 0.5) is 4.39 Å². The molecular formula is C30H29Cl3FN. The van der Waals surface area contributed by atoms with Crippen LogP contribution >= 0.6 is 34.8 Å². The first kappa shape index (κ1) is 24.8. The maximum absolute atomic E-state index is 12.4. The first-order chi connectivity index (χ1) is 17.0. The number of alkyl halides is 1. The molecule has 1 aliphatic heterocycles. The van der Waals surface area contributed by atoms with Gasteiger partial charge in [0.2, 0.25) is 0 Å². The Morgan fingerprint density at radius 3 is 2.31 bits per heavy atom. The van der Waals surface area contributed by atoms with Crippen LogP contribution in [0.25, 0.3) is 11.1 Å². The molecule has 0 amide bonds. The van der Waals surface area contributed by atoms with E-state index in [4.69, 9.17) is 34.8 Å². The summed E-state index contributed by atoms with van der Waals surface area (Å²) in [7, 11) is 0. The lowest BCUT2D eigenvalue weighted by atomic mass is 9.86. The van der Waals surface area contributed by atoms with E-state index in [2.05, 4.69) is 41.3 Å². The number of hydrogen-bond acceptors (Lipinski definition) is 1. The summed E-state index contributed by atoms with van der Waals surface area (Å²) in [5.41, 5.74) is 8.50. The van der Waals surface area contributed by atoms with Crippen molar-refractivity contribution < 1.29 is 4.39 Å². The Morgan fingerprint density at radius 2 is 1.57 bits per heavy atom. The third-order valence-corrected chi connectivity index (χ3v) is 7.96. The molecule has 0 aromatic heterocycles. The molecule has 3 aromatic rings. The van der Waals surface area contributed by atoms with Crippen LogP contribution in [0, 0.1) is 5.92 Å². The molecule has 35 heavy (non-hydrogen) atoms. The summed E-state index contributed by atoms with van der Waals surface area (Å²) in [6.45, 7) is 2.78. The minimum atomic E-state index is -0.226. The van der Waals surface area contributed by atoms with E-state index in [9.17, 15) is 4.39 Å². The fourth-order valence-electron chi connectivity index (χ4n) is 5.49. The van der Waals surface area contributed by atoms with Crippen LogP contribution in [0.2, 0.25) is 15.1 Å². The molecule has 0 radical (unpaired) electrons. The summed E-state index contributed by atoms with van der Waals surface area (Å²) >= 11 is 19.4. The molecule has 1 fully saturated rings. The Morgan fingerprint density at radius 1 is 0.829 bits per heavy atom. The van der Waals surface area contributed by atoms with Crippen molar-refractivity contribution >= 4 is 45.9 Å². The molecule has 1 nitrogen and oxygen atoms in total. The molecule has 1 aliphatic carbocycles. The van der Waals surface area contributed by atoms with E-state index in [1.54, 1.807) is 0 Å². The minimum absolute atomic E-state index is 0.226. The van der Waals surface area contributed by atoms with Gasteiger partial charge in [0.1, 0.15) is 0 Å². The largest absolute Gasteiger partial charge is 0.303 e. The van der Waals surface area contributed by atoms with Gasteiger partial charge in [-0.1, -0.05) is 71.2 Å². The Bertz CT molecular complexity index is 1230. The SMILES string of the molecule is FCCCN1CC(Cc2ccc(C3=C(c4ccc(Cl)cc4Cl)CCCc4ccc(Cl)cc43)cc2)C1. The number of halogens is 4. The maximum atomic E-state index is 12.4. The molecule has 0 spiro atoms. The normalized spacial score (nSPS) is 16.7. The Labute approximate surface area is 222 Å². The van der Waals surface area contributed by atoms with Gasteiger partial charge < -0.3 is 4.90 Å². The van der Waals surface area contributed by atoms with Gasteiger partial charge in [-0.3, -0.25) is 4.39 Å². The van der Waals surface area contributed by atoms with Gasteiger partial charge in [0.15, 0.2) is 0 Å². The number of benzene rings is 3. The van der Waals surface area contributed by atoms with E-state index in [1.807, 2.05) is 24.3 Å². The van der Waals surface area contributed by atoms with E-state index >= 15 is 0 Å². The topological polar surface area (TPSA) is 3.24 Å². The standard InChI is InChI=1S/C30H29Cl3FN/c31-24-10-9-22-3-1-4-27(26-12-11-25(32)17-29(26)33)30(28(22)16-24)23-7-5-20(6-8-23)15-21-18-35(19-21)14-2-13-34/h5-12,16-17,21H,1-4,13-15,18-19H2. The van der Waals surface area contributed by atoms with E-state index in [1.165, 1.54) is 33.4 Å². The van der Waals surface area contributed by atoms with Gasteiger partial charge in [0.25, 0.3) is 0 Å². The number of likely N-dealkylation sites (tertiary alicyclic amines) is 1. The average molecular weight is 529 g/mol. The molecule has 5 heteroatoms. The number of aryl methyl sites for hydroxylation is 1. The van der Waals surface area contributed by atoms with Crippen molar-refractivity contribution in [2.75, 3.05) is 26.3 Å². The van der Waals surface area contributed by atoms with Crippen molar-refractivity contribution in [1.82, 2.24) is 4.90 Å². The smallest absolute Gasteiger partial charge is 0.0906 e. The van der Waals surface area contributed by atoms with E-state index < -0.39 is 0 Å². The quantitative estimate of drug-likeness (QED) is 0.296. The van der Waals surface area contributed by atoms with E-state index in [-0.39, 0.29) is 6.67 Å². The number of fused-ring (bicyclic) bond motifs is 1. The van der Waals surface area contributed by atoms with Crippen molar-refractivity contribution in [2.24, 2.45) is 5.92 Å². The van der Waals surface area contributed by atoms with Gasteiger partial charge in [-0.2, -0.15) is 0 Å². The second kappa shape index (κ2) is 11.0. The molecule has 1 heterocycles. The summed E-state index contributed by atoms with van der Waals surface area (Å²) < 4.78 is 12.4. The zero-order chi connectivity index (χ0) is 24.4. The van der Waals surface area contributed by atoms with Crippen molar-refractivity contribution in [2.45, 2.75) is 32.1 Å². The highest BCUT2D eigenvalue weighted by Crippen LogP contribution is 2.43. The summed E-state index contributed by atoms with van der Waals surface area (Å²) in [6, 6.07) is 21.0. The first-order valence-electron chi connectivity index (χ1n) is 12.4. The van der Waals surface area contributed by atoms with Crippen LogP contribution < -0.4 is 0 Å². The zero-order valence-electron chi connectivity index (χ0n) is 19.7. The van der Waals surface area contributed by atoms with Crippen LogP contribution in [-0.2, 0) is 12.8 Å². The van der Waals surface area contributed by atoms with Gasteiger partial charge >= 0.3 is 0 Å². The Hall–Kier alpha value is -1.84. The molecule has 0 unspecified atom stereocenters. The Balaban J connectivity index is 1.49. The predicted octanol–water partition coefficient (Wildman–Crippen LogP) is 8.78. The van der Waals surface area contributed by atoms with Crippen LogP contribution in [0.5, 0.6) is 0 Å². The molecule has 0 bridgehead atoms. The van der Waals surface area contributed by atoms with Gasteiger partial charge in [0, 0.05) is 34.7 Å². The third-order valence-electron chi connectivity index (χ3n) is 7.18. The number of rotatable bonds is 7. The second-order valence-corrected chi connectivity index (χ2v) is 11.0.